The summed E-state index contributed by atoms with van der Waals surface area (Å²) in [6.45, 7) is 1.89. The van der Waals surface area contributed by atoms with Gasteiger partial charge in [-0.3, -0.25) is 0 Å². The molecule has 0 fully saturated rings. The lowest BCUT2D eigenvalue weighted by Gasteiger charge is -2.14. The third-order valence-corrected chi connectivity index (χ3v) is 5.09. The Hall–Kier alpha value is -1.36. The zero-order valence-electron chi connectivity index (χ0n) is 12.5. The van der Waals surface area contributed by atoms with Gasteiger partial charge in [-0.25, -0.2) is 13.1 Å². The molecule has 1 atom stereocenters. The maximum absolute atomic E-state index is 12.2. The van der Waals surface area contributed by atoms with E-state index in [9.17, 15) is 8.42 Å². The van der Waals surface area contributed by atoms with Crippen molar-refractivity contribution < 1.29 is 8.42 Å². The van der Waals surface area contributed by atoms with Gasteiger partial charge in [-0.1, -0.05) is 54.1 Å². The molecule has 0 radical (unpaired) electrons. The van der Waals surface area contributed by atoms with Crippen LogP contribution in [-0.2, 0) is 22.2 Å². The molecule has 0 aromatic heterocycles. The minimum atomic E-state index is -3.34. The third-order valence-electron chi connectivity index (χ3n) is 3.36. The molecule has 0 aliphatic carbocycles. The fourth-order valence-electron chi connectivity index (χ4n) is 2.24. The van der Waals surface area contributed by atoms with E-state index in [0.717, 1.165) is 18.4 Å². The van der Waals surface area contributed by atoms with Crippen molar-refractivity contribution in [3.63, 3.8) is 0 Å². The Bertz CT molecular complexity index is 684. The summed E-state index contributed by atoms with van der Waals surface area (Å²) in [4.78, 5) is 0. The van der Waals surface area contributed by atoms with Crippen LogP contribution in [0.1, 0.15) is 24.5 Å². The van der Waals surface area contributed by atoms with E-state index < -0.39 is 10.0 Å². The number of sulfonamides is 1. The van der Waals surface area contributed by atoms with Crippen LogP contribution >= 0.6 is 11.6 Å². The Morgan fingerprint density at radius 3 is 2.27 bits per heavy atom. The van der Waals surface area contributed by atoms with E-state index in [0.29, 0.717) is 5.02 Å². The van der Waals surface area contributed by atoms with Gasteiger partial charge in [0, 0.05) is 11.1 Å². The molecule has 5 heteroatoms. The van der Waals surface area contributed by atoms with Crippen molar-refractivity contribution in [1.29, 1.82) is 0 Å². The Kier molecular flexibility index (Phi) is 6.00. The SMILES string of the molecule is CC(CCc1ccccc1)NS(=O)(=O)Cc1ccc(Cl)cc1. The summed E-state index contributed by atoms with van der Waals surface area (Å²) in [5, 5.41) is 0.602. The number of nitrogens with one attached hydrogen (secondary N) is 1. The maximum atomic E-state index is 12.2. The molecule has 1 unspecified atom stereocenters. The summed E-state index contributed by atoms with van der Waals surface area (Å²) in [5.74, 6) is -0.0279. The molecule has 3 nitrogen and oxygen atoms in total. The first-order valence-electron chi connectivity index (χ1n) is 7.23. The van der Waals surface area contributed by atoms with Crippen LogP contribution in [-0.4, -0.2) is 14.5 Å². The summed E-state index contributed by atoms with van der Waals surface area (Å²) < 4.78 is 27.1. The maximum Gasteiger partial charge on any atom is 0.216 e. The number of hydrogen-bond acceptors (Lipinski definition) is 2. The van der Waals surface area contributed by atoms with Gasteiger partial charge in [0.2, 0.25) is 10.0 Å². The monoisotopic (exact) mass is 337 g/mol. The van der Waals surface area contributed by atoms with Crippen LogP contribution in [0.5, 0.6) is 0 Å². The molecule has 0 heterocycles. The first-order chi connectivity index (χ1) is 10.4. The number of aryl methyl sites for hydroxylation is 1. The van der Waals surface area contributed by atoms with Crippen molar-refractivity contribution in [1.82, 2.24) is 4.72 Å². The standard InChI is InChI=1S/C17H20ClNO2S/c1-14(7-8-15-5-3-2-4-6-15)19-22(20,21)13-16-9-11-17(18)12-10-16/h2-6,9-12,14,19H,7-8,13H2,1H3. The topological polar surface area (TPSA) is 46.2 Å². The van der Waals surface area contributed by atoms with Gasteiger partial charge >= 0.3 is 0 Å². The summed E-state index contributed by atoms with van der Waals surface area (Å²) in [6, 6.07) is 16.8. The number of hydrogen-bond donors (Lipinski definition) is 1. The van der Waals surface area contributed by atoms with Crippen LogP contribution < -0.4 is 4.72 Å². The van der Waals surface area contributed by atoms with Gasteiger partial charge in [-0.15, -0.1) is 0 Å². The third kappa shape index (κ3) is 5.79. The molecule has 22 heavy (non-hydrogen) atoms. The van der Waals surface area contributed by atoms with E-state index in [1.165, 1.54) is 5.56 Å². The minimum Gasteiger partial charge on any atom is -0.212 e. The highest BCUT2D eigenvalue weighted by atomic mass is 35.5. The summed E-state index contributed by atoms with van der Waals surface area (Å²) in [6.07, 6.45) is 1.62. The van der Waals surface area contributed by atoms with Gasteiger partial charge in [-0.05, 0) is 43.0 Å². The average molecular weight is 338 g/mol. The number of rotatable bonds is 7. The Balaban J connectivity index is 1.86. The van der Waals surface area contributed by atoms with Gasteiger partial charge in [0.25, 0.3) is 0 Å². The fraction of sp³-hybridized carbons (Fsp3) is 0.294. The molecule has 0 spiro atoms. The summed E-state index contributed by atoms with van der Waals surface area (Å²) in [5.41, 5.74) is 1.94. The second-order valence-electron chi connectivity index (χ2n) is 5.43. The van der Waals surface area contributed by atoms with Crippen molar-refractivity contribution in [3.8, 4) is 0 Å². The Morgan fingerprint density at radius 1 is 1.00 bits per heavy atom. The quantitative estimate of drug-likeness (QED) is 0.835. The molecular weight excluding hydrogens is 318 g/mol. The lowest BCUT2D eigenvalue weighted by atomic mass is 10.1. The number of benzene rings is 2. The van der Waals surface area contributed by atoms with Gasteiger partial charge in [0.05, 0.1) is 5.75 Å². The van der Waals surface area contributed by atoms with Crippen LogP contribution in [0.25, 0.3) is 0 Å². The highest BCUT2D eigenvalue weighted by molar-refractivity contribution is 7.88. The van der Waals surface area contributed by atoms with Gasteiger partial charge in [0.15, 0.2) is 0 Å². The molecule has 2 rings (SSSR count). The first kappa shape index (κ1) is 17.0. The van der Waals surface area contributed by atoms with Crippen LogP contribution in [0, 0.1) is 0 Å². The van der Waals surface area contributed by atoms with Crippen LogP contribution in [0.15, 0.2) is 54.6 Å². The zero-order valence-corrected chi connectivity index (χ0v) is 14.1. The molecule has 0 aliphatic heterocycles. The first-order valence-corrected chi connectivity index (χ1v) is 9.26. The molecule has 1 N–H and O–H groups in total. The van der Waals surface area contributed by atoms with Gasteiger partial charge in [0.1, 0.15) is 0 Å². The van der Waals surface area contributed by atoms with E-state index in [4.69, 9.17) is 11.6 Å². The lowest BCUT2D eigenvalue weighted by Crippen LogP contribution is -2.33. The van der Waals surface area contributed by atoms with Crippen molar-refractivity contribution in [2.45, 2.75) is 31.6 Å². The van der Waals surface area contributed by atoms with Crippen molar-refractivity contribution in [2.75, 3.05) is 0 Å². The molecule has 0 saturated heterocycles. The minimum absolute atomic E-state index is 0.0279. The number of halogens is 1. The second kappa shape index (κ2) is 7.77. The zero-order chi connectivity index (χ0) is 16.0. The van der Waals surface area contributed by atoms with Crippen LogP contribution in [0.3, 0.4) is 0 Å². The van der Waals surface area contributed by atoms with E-state index in [1.54, 1.807) is 24.3 Å². The van der Waals surface area contributed by atoms with E-state index >= 15 is 0 Å². The summed E-state index contributed by atoms with van der Waals surface area (Å²) >= 11 is 5.80. The van der Waals surface area contributed by atoms with Gasteiger partial charge < -0.3 is 0 Å². The highest BCUT2D eigenvalue weighted by Gasteiger charge is 2.15. The molecule has 2 aromatic rings. The lowest BCUT2D eigenvalue weighted by molar-refractivity contribution is 0.546. The largest absolute Gasteiger partial charge is 0.216 e. The molecule has 2 aromatic carbocycles. The van der Waals surface area contributed by atoms with Crippen LogP contribution in [0.4, 0.5) is 0 Å². The average Bonchev–Trinajstić information content (AvgIpc) is 2.48. The van der Waals surface area contributed by atoms with Gasteiger partial charge in [-0.2, -0.15) is 0 Å². The molecule has 118 valence electrons. The predicted octanol–water partition coefficient (Wildman–Crippen LogP) is 3.78. The molecule has 0 bridgehead atoms. The van der Waals surface area contributed by atoms with Crippen molar-refractivity contribution >= 4 is 21.6 Å². The smallest absolute Gasteiger partial charge is 0.212 e. The molecule has 0 amide bonds. The molecule has 0 saturated carbocycles. The fourth-order valence-corrected chi connectivity index (χ4v) is 3.81. The highest BCUT2D eigenvalue weighted by Crippen LogP contribution is 2.12. The predicted molar refractivity (Wildman–Crippen MR) is 91.4 cm³/mol. The summed E-state index contributed by atoms with van der Waals surface area (Å²) in [7, 11) is -3.34. The van der Waals surface area contributed by atoms with E-state index in [1.807, 2.05) is 25.1 Å². The van der Waals surface area contributed by atoms with E-state index in [-0.39, 0.29) is 11.8 Å². The Morgan fingerprint density at radius 2 is 1.64 bits per heavy atom. The molecule has 0 aliphatic rings. The van der Waals surface area contributed by atoms with Crippen molar-refractivity contribution in [3.05, 3.63) is 70.7 Å². The van der Waals surface area contributed by atoms with E-state index in [2.05, 4.69) is 16.9 Å². The Labute approximate surface area is 137 Å². The van der Waals surface area contributed by atoms with Crippen LogP contribution in [0.2, 0.25) is 5.02 Å². The second-order valence-corrected chi connectivity index (χ2v) is 7.62. The normalized spacial score (nSPS) is 13.0. The van der Waals surface area contributed by atoms with Crippen molar-refractivity contribution in [2.24, 2.45) is 0 Å². The molecular formula is C17H20ClNO2S.